The molecule has 7 nitrogen and oxygen atoms in total. The van der Waals surface area contributed by atoms with E-state index in [1.807, 2.05) is 6.07 Å². The lowest BCUT2D eigenvalue weighted by Crippen LogP contribution is -2.31. The highest BCUT2D eigenvalue weighted by molar-refractivity contribution is 6.38. The van der Waals surface area contributed by atoms with Crippen LogP contribution >= 0.6 is 11.6 Å². The lowest BCUT2D eigenvalue weighted by molar-refractivity contribution is -0.156. The van der Waals surface area contributed by atoms with Crippen molar-refractivity contribution in [1.29, 1.82) is 0 Å². The first-order chi connectivity index (χ1) is 14.6. The third-order valence-electron chi connectivity index (χ3n) is 4.66. The molecule has 1 atom stereocenters. The van der Waals surface area contributed by atoms with Gasteiger partial charge in [-0.25, -0.2) is 9.59 Å². The lowest BCUT2D eigenvalue weighted by atomic mass is 10.1. The maximum atomic E-state index is 12.5. The van der Waals surface area contributed by atoms with Crippen molar-refractivity contribution in [3.8, 4) is 11.4 Å². The summed E-state index contributed by atoms with van der Waals surface area (Å²) < 4.78 is 17.3. The Morgan fingerprint density at radius 2 is 1.71 bits per heavy atom. The van der Waals surface area contributed by atoms with Gasteiger partial charge in [0.15, 0.2) is 5.69 Å². The molecule has 8 heteroatoms. The van der Waals surface area contributed by atoms with E-state index >= 15 is 0 Å². The second kappa shape index (κ2) is 8.61. The van der Waals surface area contributed by atoms with Crippen LogP contribution in [-0.2, 0) is 14.3 Å². The molecule has 0 fully saturated rings. The van der Waals surface area contributed by atoms with Gasteiger partial charge < -0.3 is 24.5 Å². The van der Waals surface area contributed by atoms with Crippen LogP contribution in [0.1, 0.15) is 42.9 Å². The zero-order valence-electron chi connectivity index (χ0n) is 18.1. The minimum atomic E-state index is -0.928. The Hall–Kier alpha value is -3.03. The van der Waals surface area contributed by atoms with Crippen LogP contribution in [0.4, 0.5) is 0 Å². The number of aromatic nitrogens is 1. The SMILES string of the molecule is COC(=O)c1c(Cl)c2cc(OC)ccc2n1-c1ccc(C(N)C(=O)OC(C)(C)C)cc1. The minimum Gasteiger partial charge on any atom is -0.497 e. The number of fused-ring (bicyclic) bond motifs is 1. The van der Waals surface area contributed by atoms with Crippen molar-refractivity contribution in [2.45, 2.75) is 32.4 Å². The Labute approximate surface area is 185 Å². The van der Waals surface area contributed by atoms with Crippen molar-refractivity contribution in [3.63, 3.8) is 0 Å². The fourth-order valence-corrected chi connectivity index (χ4v) is 3.55. The number of halogens is 1. The van der Waals surface area contributed by atoms with E-state index in [4.69, 9.17) is 31.5 Å². The predicted molar refractivity (Wildman–Crippen MR) is 119 cm³/mol. The number of nitrogens with zero attached hydrogens (tertiary/aromatic N) is 1. The topological polar surface area (TPSA) is 92.8 Å². The summed E-state index contributed by atoms with van der Waals surface area (Å²) >= 11 is 6.54. The van der Waals surface area contributed by atoms with E-state index in [9.17, 15) is 9.59 Å². The summed E-state index contributed by atoms with van der Waals surface area (Å²) in [6.45, 7) is 5.35. The molecule has 0 aliphatic rings. The average Bonchev–Trinajstić information content (AvgIpc) is 3.03. The molecule has 0 saturated carbocycles. The van der Waals surface area contributed by atoms with Gasteiger partial charge in [0.25, 0.3) is 0 Å². The number of hydrogen-bond donors (Lipinski definition) is 1. The van der Waals surface area contributed by atoms with Gasteiger partial charge in [-0.15, -0.1) is 0 Å². The number of esters is 2. The molecule has 0 aliphatic heterocycles. The third kappa shape index (κ3) is 4.52. The zero-order chi connectivity index (χ0) is 22.9. The van der Waals surface area contributed by atoms with Crippen LogP contribution in [0.25, 0.3) is 16.6 Å². The first-order valence-corrected chi connectivity index (χ1v) is 10.00. The molecular formula is C23H25ClN2O5. The molecule has 1 aromatic heterocycles. The Kier molecular flexibility index (Phi) is 6.29. The van der Waals surface area contributed by atoms with Crippen LogP contribution in [-0.4, -0.2) is 36.3 Å². The summed E-state index contributed by atoms with van der Waals surface area (Å²) in [5.74, 6) is -0.478. The quantitative estimate of drug-likeness (QED) is 0.585. The van der Waals surface area contributed by atoms with Crippen molar-refractivity contribution >= 4 is 34.4 Å². The fourth-order valence-electron chi connectivity index (χ4n) is 3.24. The van der Waals surface area contributed by atoms with Gasteiger partial charge in [0, 0.05) is 11.1 Å². The molecule has 2 N–H and O–H groups in total. The second-order valence-electron chi connectivity index (χ2n) is 7.98. The van der Waals surface area contributed by atoms with Crippen LogP contribution < -0.4 is 10.5 Å². The monoisotopic (exact) mass is 444 g/mol. The summed E-state index contributed by atoms with van der Waals surface area (Å²) in [7, 11) is 2.85. The standard InChI is InChI=1S/C23H25ClN2O5/c1-23(2,3)31-21(27)19(25)13-6-8-14(9-7-13)26-17-11-10-15(29-4)12-16(17)18(24)20(26)22(28)30-5/h6-12,19H,25H2,1-5H3. The van der Waals surface area contributed by atoms with Crippen molar-refractivity contribution in [2.75, 3.05) is 14.2 Å². The number of nitrogens with two attached hydrogens (primary N) is 1. The molecule has 3 rings (SSSR count). The first-order valence-electron chi connectivity index (χ1n) is 9.62. The van der Waals surface area contributed by atoms with Gasteiger partial charge in [-0.05, 0) is 56.7 Å². The average molecular weight is 445 g/mol. The van der Waals surface area contributed by atoms with E-state index in [2.05, 4.69) is 0 Å². The molecule has 0 spiro atoms. The maximum absolute atomic E-state index is 12.5. The normalized spacial score (nSPS) is 12.5. The van der Waals surface area contributed by atoms with Gasteiger partial charge in [-0.1, -0.05) is 23.7 Å². The van der Waals surface area contributed by atoms with Gasteiger partial charge >= 0.3 is 11.9 Å². The van der Waals surface area contributed by atoms with Crippen molar-refractivity contribution in [2.24, 2.45) is 5.73 Å². The molecule has 3 aromatic rings. The highest BCUT2D eigenvalue weighted by Crippen LogP contribution is 2.36. The summed E-state index contributed by atoms with van der Waals surface area (Å²) in [6, 6.07) is 11.4. The molecule has 1 heterocycles. The van der Waals surface area contributed by atoms with Crippen LogP contribution in [0.5, 0.6) is 5.75 Å². The van der Waals surface area contributed by atoms with Crippen LogP contribution in [0.2, 0.25) is 5.02 Å². The van der Waals surface area contributed by atoms with Gasteiger partial charge in [0.1, 0.15) is 17.4 Å². The van der Waals surface area contributed by atoms with Crippen molar-refractivity contribution in [3.05, 3.63) is 58.7 Å². The number of rotatable bonds is 5. The second-order valence-corrected chi connectivity index (χ2v) is 8.35. The van der Waals surface area contributed by atoms with E-state index in [1.54, 1.807) is 68.8 Å². The van der Waals surface area contributed by atoms with Crippen LogP contribution in [0.15, 0.2) is 42.5 Å². The molecule has 0 amide bonds. The number of ether oxygens (including phenoxy) is 3. The predicted octanol–water partition coefficient (Wildman–Crippen LogP) is 4.42. The van der Waals surface area contributed by atoms with E-state index in [1.165, 1.54) is 7.11 Å². The molecule has 0 saturated heterocycles. The zero-order valence-corrected chi connectivity index (χ0v) is 18.8. The summed E-state index contributed by atoms with van der Waals surface area (Å²) in [5, 5.41) is 0.909. The molecule has 0 radical (unpaired) electrons. The molecule has 2 aromatic carbocycles. The number of carbonyl (C=O) groups is 2. The van der Waals surface area contributed by atoms with E-state index in [-0.39, 0.29) is 10.7 Å². The van der Waals surface area contributed by atoms with Crippen LogP contribution in [0.3, 0.4) is 0 Å². The molecule has 164 valence electrons. The van der Waals surface area contributed by atoms with Gasteiger partial charge in [0.05, 0.1) is 24.8 Å². The van der Waals surface area contributed by atoms with E-state index in [0.717, 1.165) is 0 Å². The molecule has 0 bridgehead atoms. The summed E-state index contributed by atoms with van der Waals surface area (Å²) in [5.41, 5.74) is 7.57. The van der Waals surface area contributed by atoms with Crippen molar-refractivity contribution in [1.82, 2.24) is 4.57 Å². The van der Waals surface area contributed by atoms with Crippen molar-refractivity contribution < 1.29 is 23.8 Å². The number of carbonyl (C=O) groups excluding carboxylic acids is 2. The Balaban J connectivity index is 2.07. The third-order valence-corrected chi connectivity index (χ3v) is 5.05. The Morgan fingerprint density at radius 3 is 2.26 bits per heavy atom. The number of benzene rings is 2. The number of methoxy groups -OCH3 is 2. The molecule has 31 heavy (non-hydrogen) atoms. The minimum absolute atomic E-state index is 0.191. The molecular weight excluding hydrogens is 420 g/mol. The van der Waals surface area contributed by atoms with Gasteiger partial charge in [-0.3, -0.25) is 0 Å². The van der Waals surface area contributed by atoms with E-state index in [0.29, 0.717) is 27.9 Å². The fraction of sp³-hybridized carbons (Fsp3) is 0.304. The molecule has 1 unspecified atom stereocenters. The van der Waals surface area contributed by atoms with Gasteiger partial charge in [0.2, 0.25) is 0 Å². The highest BCUT2D eigenvalue weighted by Gasteiger charge is 2.26. The Morgan fingerprint density at radius 1 is 1.06 bits per heavy atom. The molecule has 0 aliphatic carbocycles. The summed E-state index contributed by atoms with van der Waals surface area (Å²) in [6.07, 6.45) is 0. The maximum Gasteiger partial charge on any atom is 0.356 e. The van der Waals surface area contributed by atoms with Crippen LogP contribution in [0, 0.1) is 0 Å². The summed E-state index contributed by atoms with van der Waals surface area (Å²) in [4.78, 5) is 24.8. The number of hydrogen-bond acceptors (Lipinski definition) is 6. The lowest BCUT2D eigenvalue weighted by Gasteiger charge is -2.22. The first kappa shape index (κ1) is 22.7. The van der Waals surface area contributed by atoms with E-state index < -0.39 is 23.6 Å². The Bertz CT molecular complexity index is 1130. The largest absolute Gasteiger partial charge is 0.497 e. The van der Waals surface area contributed by atoms with Gasteiger partial charge in [-0.2, -0.15) is 0 Å². The smallest absolute Gasteiger partial charge is 0.356 e. The highest BCUT2D eigenvalue weighted by atomic mass is 35.5.